The lowest BCUT2D eigenvalue weighted by atomic mass is 10.1. The summed E-state index contributed by atoms with van der Waals surface area (Å²) in [6, 6.07) is 3.44. The summed E-state index contributed by atoms with van der Waals surface area (Å²) in [6.45, 7) is 5.13. The Bertz CT molecular complexity index is 409. The van der Waals surface area contributed by atoms with Gasteiger partial charge in [0.15, 0.2) is 11.5 Å². The van der Waals surface area contributed by atoms with Gasteiger partial charge in [-0.3, -0.25) is 4.90 Å². The molecule has 0 saturated carbocycles. The van der Waals surface area contributed by atoms with Crippen LogP contribution in [-0.4, -0.2) is 30.2 Å². The molecule has 1 N–H and O–H groups in total. The molecule has 4 heteroatoms. The van der Waals surface area contributed by atoms with Crippen molar-refractivity contribution in [2.24, 2.45) is 5.92 Å². The van der Waals surface area contributed by atoms with Crippen LogP contribution >= 0.6 is 11.6 Å². The van der Waals surface area contributed by atoms with Gasteiger partial charge < -0.3 is 9.84 Å². The van der Waals surface area contributed by atoms with Crippen LogP contribution in [0.3, 0.4) is 0 Å². The Hall–Kier alpha value is -0.930. The third kappa shape index (κ3) is 2.85. The third-order valence-corrected chi connectivity index (χ3v) is 3.46. The molecular weight excluding hydrogens is 238 g/mol. The first-order valence-corrected chi connectivity index (χ1v) is 6.25. The van der Waals surface area contributed by atoms with Crippen molar-refractivity contribution in [3.05, 3.63) is 22.7 Å². The van der Waals surface area contributed by atoms with Crippen molar-refractivity contribution in [1.82, 2.24) is 4.90 Å². The van der Waals surface area contributed by atoms with Gasteiger partial charge in [0.25, 0.3) is 0 Å². The Kier molecular flexibility index (Phi) is 3.79. The zero-order chi connectivity index (χ0) is 12.4. The minimum absolute atomic E-state index is 0.205. The Morgan fingerprint density at radius 2 is 2.29 bits per heavy atom. The Balaban J connectivity index is 2.17. The van der Waals surface area contributed by atoms with Crippen LogP contribution in [0.1, 0.15) is 18.9 Å². The van der Waals surface area contributed by atoms with E-state index in [4.69, 9.17) is 16.3 Å². The normalized spacial score (nSPS) is 20.8. The maximum atomic E-state index is 10.0. The molecule has 1 aliphatic rings. The highest BCUT2D eigenvalue weighted by Gasteiger charge is 2.20. The van der Waals surface area contributed by atoms with E-state index in [2.05, 4.69) is 11.8 Å². The summed E-state index contributed by atoms with van der Waals surface area (Å²) >= 11 is 6.01. The van der Waals surface area contributed by atoms with Crippen LogP contribution in [0, 0.1) is 5.92 Å². The first-order chi connectivity index (χ1) is 8.10. The quantitative estimate of drug-likeness (QED) is 0.902. The molecule has 3 nitrogen and oxygen atoms in total. The van der Waals surface area contributed by atoms with E-state index >= 15 is 0 Å². The SMILES string of the molecule is COc1cc(Cl)cc(CN2CCC(C)C2)c1O. The number of methoxy groups -OCH3 is 1. The fraction of sp³-hybridized carbons (Fsp3) is 0.538. The summed E-state index contributed by atoms with van der Waals surface area (Å²) in [5.74, 6) is 1.38. The highest BCUT2D eigenvalue weighted by atomic mass is 35.5. The summed E-state index contributed by atoms with van der Waals surface area (Å²) in [7, 11) is 1.53. The molecule has 1 saturated heterocycles. The van der Waals surface area contributed by atoms with Gasteiger partial charge in [-0.15, -0.1) is 0 Å². The molecule has 17 heavy (non-hydrogen) atoms. The van der Waals surface area contributed by atoms with Crippen molar-refractivity contribution >= 4 is 11.6 Å². The minimum atomic E-state index is 0.205. The fourth-order valence-corrected chi connectivity index (χ4v) is 2.55. The maximum Gasteiger partial charge on any atom is 0.162 e. The van der Waals surface area contributed by atoms with Gasteiger partial charge in [0.2, 0.25) is 0 Å². The van der Waals surface area contributed by atoms with Crippen LogP contribution in [0.2, 0.25) is 5.02 Å². The molecule has 0 bridgehead atoms. The molecule has 0 amide bonds. The first-order valence-electron chi connectivity index (χ1n) is 5.88. The number of hydrogen-bond acceptors (Lipinski definition) is 3. The van der Waals surface area contributed by atoms with Crippen molar-refractivity contribution < 1.29 is 9.84 Å². The molecule has 1 unspecified atom stereocenters. The number of rotatable bonds is 3. The zero-order valence-electron chi connectivity index (χ0n) is 10.2. The summed E-state index contributed by atoms with van der Waals surface area (Å²) < 4.78 is 5.10. The predicted molar refractivity (Wildman–Crippen MR) is 68.7 cm³/mol. The van der Waals surface area contributed by atoms with Crippen molar-refractivity contribution in [3.8, 4) is 11.5 Å². The monoisotopic (exact) mass is 255 g/mol. The van der Waals surface area contributed by atoms with Gasteiger partial charge >= 0.3 is 0 Å². The lowest BCUT2D eigenvalue weighted by Gasteiger charge is -2.17. The number of benzene rings is 1. The van der Waals surface area contributed by atoms with Gasteiger partial charge in [0.05, 0.1) is 7.11 Å². The van der Waals surface area contributed by atoms with Crippen molar-refractivity contribution in [2.75, 3.05) is 20.2 Å². The molecule has 1 aliphatic heterocycles. The summed E-state index contributed by atoms with van der Waals surface area (Å²) in [4.78, 5) is 2.33. The van der Waals surface area contributed by atoms with Gasteiger partial charge in [-0.1, -0.05) is 18.5 Å². The van der Waals surface area contributed by atoms with Gasteiger partial charge in [-0.05, 0) is 24.9 Å². The molecule has 1 heterocycles. The molecule has 94 valence electrons. The number of phenols is 1. The lowest BCUT2D eigenvalue weighted by Crippen LogP contribution is -2.19. The topological polar surface area (TPSA) is 32.7 Å². The molecule has 0 spiro atoms. The van der Waals surface area contributed by atoms with Crippen LogP contribution in [0.25, 0.3) is 0 Å². The fourth-order valence-electron chi connectivity index (χ4n) is 2.32. The highest BCUT2D eigenvalue weighted by Crippen LogP contribution is 2.34. The number of likely N-dealkylation sites (tertiary alicyclic amines) is 1. The summed E-state index contributed by atoms with van der Waals surface area (Å²) in [5, 5.41) is 10.6. The Morgan fingerprint density at radius 1 is 1.53 bits per heavy atom. The van der Waals surface area contributed by atoms with Crippen molar-refractivity contribution in [1.29, 1.82) is 0 Å². The van der Waals surface area contributed by atoms with E-state index in [0.29, 0.717) is 10.8 Å². The number of hydrogen-bond donors (Lipinski definition) is 1. The van der Waals surface area contributed by atoms with Gasteiger partial charge in [0, 0.05) is 29.7 Å². The number of halogens is 1. The van der Waals surface area contributed by atoms with Crippen LogP contribution in [-0.2, 0) is 6.54 Å². The molecule has 0 aliphatic carbocycles. The van der Waals surface area contributed by atoms with Gasteiger partial charge in [-0.2, -0.15) is 0 Å². The molecule has 1 atom stereocenters. The standard InChI is InChI=1S/C13H18ClNO2/c1-9-3-4-15(7-9)8-10-5-11(14)6-12(17-2)13(10)16/h5-6,9,16H,3-4,7-8H2,1-2H3. The van der Waals surface area contributed by atoms with Crippen LogP contribution in [0.4, 0.5) is 0 Å². The van der Waals surface area contributed by atoms with E-state index in [9.17, 15) is 5.11 Å². The van der Waals surface area contributed by atoms with Crippen molar-refractivity contribution in [3.63, 3.8) is 0 Å². The largest absolute Gasteiger partial charge is 0.504 e. The number of aromatic hydroxyl groups is 1. The minimum Gasteiger partial charge on any atom is -0.504 e. The first kappa shape index (κ1) is 12.5. The van der Waals surface area contributed by atoms with E-state index in [-0.39, 0.29) is 5.75 Å². The second kappa shape index (κ2) is 5.15. The number of phenolic OH excluding ortho intramolecular Hbond substituents is 1. The van der Waals surface area contributed by atoms with Crippen LogP contribution < -0.4 is 4.74 Å². The molecule has 0 radical (unpaired) electrons. The van der Waals surface area contributed by atoms with E-state index in [1.807, 2.05) is 6.07 Å². The molecular formula is C13H18ClNO2. The van der Waals surface area contributed by atoms with E-state index in [0.717, 1.165) is 31.1 Å². The molecule has 1 fully saturated rings. The second-order valence-corrected chi connectivity index (χ2v) is 5.18. The third-order valence-electron chi connectivity index (χ3n) is 3.24. The summed E-state index contributed by atoms with van der Waals surface area (Å²) in [5.41, 5.74) is 0.837. The van der Waals surface area contributed by atoms with Crippen LogP contribution in [0.15, 0.2) is 12.1 Å². The second-order valence-electron chi connectivity index (χ2n) is 4.74. The summed E-state index contributed by atoms with van der Waals surface area (Å²) in [6.07, 6.45) is 1.22. The number of ether oxygens (including phenoxy) is 1. The molecule has 0 aromatic heterocycles. The number of nitrogens with zero attached hydrogens (tertiary/aromatic N) is 1. The van der Waals surface area contributed by atoms with E-state index in [1.165, 1.54) is 13.5 Å². The lowest BCUT2D eigenvalue weighted by molar-refractivity contribution is 0.309. The average molecular weight is 256 g/mol. The van der Waals surface area contributed by atoms with Gasteiger partial charge in [0.1, 0.15) is 0 Å². The smallest absolute Gasteiger partial charge is 0.162 e. The van der Waals surface area contributed by atoms with Gasteiger partial charge in [-0.25, -0.2) is 0 Å². The Morgan fingerprint density at radius 3 is 2.88 bits per heavy atom. The Labute approximate surface area is 107 Å². The predicted octanol–water partition coefficient (Wildman–Crippen LogP) is 2.90. The average Bonchev–Trinajstić information content (AvgIpc) is 2.69. The van der Waals surface area contributed by atoms with Crippen molar-refractivity contribution in [2.45, 2.75) is 19.9 Å². The molecule has 1 aromatic carbocycles. The zero-order valence-corrected chi connectivity index (χ0v) is 11.0. The van der Waals surface area contributed by atoms with E-state index in [1.54, 1.807) is 6.07 Å². The molecule has 1 aromatic rings. The highest BCUT2D eigenvalue weighted by molar-refractivity contribution is 6.30. The molecule has 2 rings (SSSR count). The maximum absolute atomic E-state index is 10.0. The van der Waals surface area contributed by atoms with Crippen LogP contribution in [0.5, 0.6) is 11.5 Å². The van der Waals surface area contributed by atoms with E-state index < -0.39 is 0 Å².